The molecule has 0 atom stereocenters. The van der Waals surface area contributed by atoms with E-state index in [2.05, 4.69) is 27.4 Å². The standard InChI is InChI=1S/C18H36O2P.HI/c1-5-9-14-21(15-10-6-2,16-11-7-3)17-12-13-20-18(19)8-4;/h8H,4-7,9-17H2,1-3H3;1H/q+1;/p-1. The molecule has 4 heteroatoms. The second-order valence-corrected chi connectivity index (χ2v) is 10.5. The van der Waals surface area contributed by atoms with Crippen molar-refractivity contribution >= 4 is 13.2 Å². The van der Waals surface area contributed by atoms with Crippen LogP contribution in [0.2, 0.25) is 0 Å². The van der Waals surface area contributed by atoms with Crippen LogP contribution in [0, 0.1) is 0 Å². The largest absolute Gasteiger partial charge is 1.00 e. The zero-order valence-corrected chi connectivity index (χ0v) is 18.0. The second kappa shape index (κ2) is 16.2. The molecule has 0 aliphatic carbocycles. The normalized spacial score (nSPS) is 10.9. The molecule has 0 aromatic carbocycles. The molecule has 0 saturated carbocycles. The summed E-state index contributed by atoms with van der Waals surface area (Å²) in [5, 5.41) is 0. The van der Waals surface area contributed by atoms with Gasteiger partial charge in [0.05, 0.1) is 31.3 Å². The zero-order valence-electron chi connectivity index (χ0n) is 14.9. The van der Waals surface area contributed by atoms with E-state index >= 15 is 0 Å². The van der Waals surface area contributed by atoms with Crippen molar-refractivity contribution < 1.29 is 33.5 Å². The molecule has 0 rings (SSSR count). The monoisotopic (exact) mass is 442 g/mol. The van der Waals surface area contributed by atoms with Crippen LogP contribution in [0.5, 0.6) is 0 Å². The first kappa shape index (κ1) is 24.6. The highest BCUT2D eigenvalue weighted by molar-refractivity contribution is 7.75. The number of rotatable bonds is 14. The molecule has 0 bridgehead atoms. The van der Waals surface area contributed by atoms with Gasteiger partial charge >= 0.3 is 5.97 Å². The lowest BCUT2D eigenvalue weighted by Gasteiger charge is -2.28. The molecule has 0 fully saturated rings. The summed E-state index contributed by atoms with van der Waals surface area (Å²) in [6.45, 7) is 10.9. The van der Waals surface area contributed by atoms with Crippen LogP contribution in [-0.4, -0.2) is 37.2 Å². The Morgan fingerprint density at radius 1 is 0.909 bits per heavy atom. The number of carbonyl (C=O) groups excluding carboxylic acids is 1. The van der Waals surface area contributed by atoms with Crippen LogP contribution < -0.4 is 24.0 Å². The average Bonchev–Trinajstić information content (AvgIpc) is 2.52. The Labute approximate surface area is 156 Å². The summed E-state index contributed by atoms with van der Waals surface area (Å²) in [4.78, 5) is 11.1. The Morgan fingerprint density at radius 2 is 1.32 bits per heavy atom. The predicted molar refractivity (Wildman–Crippen MR) is 96.9 cm³/mol. The van der Waals surface area contributed by atoms with Crippen LogP contribution in [0.4, 0.5) is 0 Å². The molecule has 0 aliphatic heterocycles. The minimum absolute atomic E-state index is 0. The quantitative estimate of drug-likeness (QED) is 0.136. The van der Waals surface area contributed by atoms with E-state index < -0.39 is 7.26 Å². The highest BCUT2D eigenvalue weighted by atomic mass is 127. The van der Waals surface area contributed by atoms with Crippen LogP contribution >= 0.6 is 7.26 Å². The summed E-state index contributed by atoms with van der Waals surface area (Å²) in [6.07, 6.45) is 15.9. The van der Waals surface area contributed by atoms with Crippen molar-refractivity contribution in [3.05, 3.63) is 12.7 Å². The first-order valence-electron chi connectivity index (χ1n) is 8.78. The van der Waals surface area contributed by atoms with Gasteiger partial charge < -0.3 is 28.7 Å². The Bertz CT molecular complexity index is 260. The number of carbonyl (C=O) groups is 1. The van der Waals surface area contributed by atoms with Crippen molar-refractivity contribution in [2.24, 2.45) is 0 Å². The lowest BCUT2D eigenvalue weighted by Crippen LogP contribution is -3.00. The van der Waals surface area contributed by atoms with Crippen molar-refractivity contribution in [3.8, 4) is 0 Å². The minimum atomic E-state index is -0.831. The van der Waals surface area contributed by atoms with Gasteiger partial charge in [-0.1, -0.05) is 46.6 Å². The maximum atomic E-state index is 11.1. The maximum Gasteiger partial charge on any atom is 0.330 e. The van der Waals surface area contributed by atoms with Crippen LogP contribution in [0.15, 0.2) is 12.7 Å². The molecule has 22 heavy (non-hydrogen) atoms. The zero-order chi connectivity index (χ0) is 16.0. The molecule has 0 aromatic rings. The molecule has 0 unspecified atom stereocenters. The van der Waals surface area contributed by atoms with Crippen molar-refractivity contribution in [1.29, 1.82) is 0 Å². The first-order chi connectivity index (χ1) is 10.1. The highest BCUT2D eigenvalue weighted by Crippen LogP contribution is 2.61. The number of halogens is 1. The molecule has 0 spiro atoms. The lowest BCUT2D eigenvalue weighted by molar-refractivity contribution is -0.137. The number of ether oxygens (including phenoxy) is 1. The van der Waals surface area contributed by atoms with Crippen LogP contribution in [0.3, 0.4) is 0 Å². The Kier molecular flexibility index (Phi) is 18.2. The van der Waals surface area contributed by atoms with Gasteiger partial charge in [0.15, 0.2) is 0 Å². The van der Waals surface area contributed by atoms with E-state index in [1.165, 1.54) is 69.2 Å². The van der Waals surface area contributed by atoms with Gasteiger partial charge in [-0.05, 0) is 19.3 Å². The predicted octanol–water partition coefficient (Wildman–Crippen LogP) is 2.53. The van der Waals surface area contributed by atoms with Crippen LogP contribution in [0.25, 0.3) is 0 Å². The fourth-order valence-electron chi connectivity index (χ4n) is 2.78. The van der Waals surface area contributed by atoms with Crippen molar-refractivity contribution in [1.82, 2.24) is 0 Å². The van der Waals surface area contributed by atoms with Crippen molar-refractivity contribution in [2.45, 2.75) is 65.7 Å². The third-order valence-corrected chi connectivity index (χ3v) is 9.21. The van der Waals surface area contributed by atoms with E-state index in [-0.39, 0.29) is 29.9 Å². The van der Waals surface area contributed by atoms with E-state index in [0.717, 1.165) is 6.42 Å². The van der Waals surface area contributed by atoms with Gasteiger partial charge in [-0.3, -0.25) is 0 Å². The fraction of sp³-hybridized carbons (Fsp3) is 0.833. The molecule has 0 saturated heterocycles. The SMILES string of the molecule is C=CC(=O)OCCC[P+](CCCC)(CCCC)CCCC.[I-]. The Hall–Kier alpha value is 0.370. The summed E-state index contributed by atoms with van der Waals surface area (Å²) in [5.74, 6) is -0.283. The first-order valence-corrected chi connectivity index (χ1v) is 11.3. The van der Waals surface area contributed by atoms with E-state index in [9.17, 15) is 4.79 Å². The third kappa shape index (κ3) is 11.9. The van der Waals surface area contributed by atoms with E-state index in [1.54, 1.807) is 0 Å². The Morgan fingerprint density at radius 3 is 1.68 bits per heavy atom. The van der Waals surface area contributed by atoms with E-state index in [4.69, 9.17) is 4.74 Å². The lowest BCUT2D eigenvalue weighted by atomic mass is 10.4. The molecule has 132 valence electrons. The number of esters is 1. The number of hydrogen-bond donors (Lipinski definition) is 0. The van der Waals surface area contributed by atoms with Crippen molar-refractivity contribution in [3.63, 3.8) is 0 Å². The smallest absolute Gasteiger partial charge is 0.330 e. The van der Waals surface area contributed by atoms with E-state index in [1.807, 2.05) is 0 Å². The summed E-state index contributed by atoms with van der Waals surface area (Å²) in [5.41, 5.74) is 0. The number of hydrogen-bond acceptors (Lipinski definition) is 2. The van der Waals surface area contributed by atoms with Crippen LogP contribution in [0.1, 0.15) is 65.7 Å². The number of unbranched alkanes of at least 4 members (excludes halogenated alkanes) is 3. The summed E-state index contributed by atoms with van der Waals surface area (Å²) in [7, 11) is -0.831. The highest BCUT2D eigenvalue weighted by Gasteiger charge is 2.34. The molecule has 0 aromatic heterocycles. The molecular formula is C18H36IO2P. The molecule has 0 heterocycles. The average molecular weight is 442 g/mol. The third-order valence-electron chi connectivity index (χ3n) is 4.15. The van der Waals surface area contributed by atoms with E-state index in [0.29, 0.717) is 6.61 Å². The molecular weight excluding hydrogens is 406 g/mol. The van der Waals surface area contributed by atoms with Gasteiger partial charge in [-0.15, -0.1) is 0 Å². The summed E-state index contributed by atoms with van der Waals surface area (Å²) >= 11 is 0. The minimum Gasteiger partial charge on any atom is -1.00 e. The molecule has 2 nitrogen and oxygen atoms in total. The van der Waals surface area contributed by atoms with Crippen molar-refractivity contribution in [2.75, 3.05) is 31.3 Å². The fourth-order valence-corrected chi connectivity index (χ4v) is 7.89. The molecule has 0 amide bonds. The van der Waals surface area contributed by atoms with Gasteiger partial charge in [0, 0.05) is 19.8 Å². The second-order valence-electron chi connectivity index (χ2n) is 6.02. The summed E-state index contributed by atoms with van der Waals surface area (Å²) < 4.78 is 5.16. The Balaban J connectivity index is 0. The molecule has 0 aliphatic rings. The van der Waals surface area contributed by atoms with Gasteiger partial charge in [-0.25, -0.2) is 4.79 Å². The van der Waals surface area contributed by atoms with Crippen LogP contribution in [-0.2, 0) is 9.53 Å². The van der Waals surface area contributed by atoms with Gasteiger partial charge in [-0.2, -0.15) is 0 Å². The summed E-state index contributed by atoms with van der Waals surface area (Å²) in [6, 6.07) is 0. The van der Waals surface area contributed by atoms with Gasteiger partial charge in [0.1, 0.15) is 0 Å². The molecule has 0 radical (unpaired) electrons. The maximum absolute atomic E-state index is 11.1. The molecule has 0 N–H and O–H groups in total. The van der Waals surface area contributed by atoms with Gasteiger partial charge in [0.2, 0.25) is 0 Å². The van der Waals surface area contributed by atoms with Gasteiger partial charge in [0.25, 0.3) is 0 Å². The topological polar surface area (TPSA) is 26.3 Å².